The first-order chi connectivity index (χ1) is 29.8. The van der Waals surface area contributed by atoms with Gasteiger partial charge < -0.3 is 9.47 Å². The van der Waals surface area contributed by atoms with Crippen LogP contribution in [0.3, 0.4) is 0 Å². The number of rotatable bonds is 8. The summed E-state index contributed by atoms with van der Waals surface area (Å²) in [5, 5.41) is 4.85. The molecule has 0 fully saturated rings. The second kappa shape index (κ2) is 15.1. The number of hydrogen-bond donors (Lipinski definition) is 0. The molecule has 2 nitrogen and oxygen atoms in total. The van der Waals surface area contributed by atoms with Crippen LogP contribution in [-0.4, -0.2) is 4.57 Å². The van der Waals surface area contributed by atoms with Crippen LogP contribution in [0, 0.1) is 0 Å². The van der Waals surface area contributed by atoms with Gasteiger partial charge >= 0.3 is 0 Å². The third-order valence-corrected chi connectivity index (χ3v) is 11.8. The highest BCUT2D eigenvalue weighted by Crippen LogP contribution is 2.45. The standard InChI is InChI=1S/C58H40N2/c1-4-16-41(17-5-1)42-28-32-48(33-29-42)59(57-39-47-23-11-10-22-46(47)38-55(57)44-20-8-3-9-21-44)50-36-37-54-53-26-14-15-27-56(53)60(58(54)40-50)49-34-30-45(31-35-49)52-25-13-12-24-51(52)43-18-6-2-7-19-43/h1-40H. The molecule has 0 saturated heterocycles. The average molecular weight is 765 g/mol. The molecule has 0 aliphatic heterocycles. The number of fused-ring (bicyclic) bond motifs is 4. The lowest BCUT2D eigenvalue weighted by atomic mass is 9.94. The molecule has 11 rings (SSSR count). The van der Waals surface area contributed by atoms with Crippen LogP contribution in [0.5, 0.6) is 0 Å². The summed E-state index contributed by atoms with van der Waals surface area (Å²) in [4.78, 5) is 2.44. The molecule has 1 heterocycles. The molecule has 0 aliphatic rings. The van der Waals surface area contributed by atoms with Gasteiger partial charge in [0.15, 0.2) is 0 Å². The van der Waals surface area contributed by atoms with Crippen molar-refractivity contribution in [3.05, 3.63) is 243 Å². The van der Waals surface area contributed by atoms with Crippen molar-refractivity contribution in [2.24, 2.45) is 0 Å². The molecule has 0 bridgehead atoms. The van der Waals surface area contributed by atoms with Gasteiger partial charge in [0.1, 0.15) is 0 Å². The van der Waals surface area contributed by atoms with Crippen LogP contribution in [0.15, 0.2) is 243 Å². The number of anilines is 3. The molecule has 1 aromatic heterocycles. The van der Waals surface area contributed by atoms with E-state index in [9.17, 15) is 0 Å². The quantitative estimate of drug-likeness (QED) is 0.150. The molecule has 0 unspecified atom stereocenters. The van der Waals surface area contributed by atoms with Crippen molar-refractivity contribution in [1.29, 1.82) is 0 Å². The Morgan fingerprint density at radius 1 is 0.283 bits per heavy atom. The fourth-order valence-electron chi connectivity index (χ4n) is 8.89. The first-order valence-corrected chi connectivity index (χ1v) is 20.6. The smallest absolute Gasteiger partial charge is 0.0561 e. The van der Waals surface area contributed by atoms with Crippen molar-refractivity contribution < 1.29 is 0 Å². The maximum absolute atomic E-state index is 2.44. The molecule has 0 atom stereocenters. The number of hydrogen-bond acceptors (Lipinski definition) is 1. The highest BCUT2D eigenvalue weighted by molar-refractivity contribution is 6.11. The maximum atomic E-state index is 2.44. The van der Waals surface area contributed by atoms with Gasteiger partial charge in [0.05, 0.1) is 16.7 Å². The van der Waals surface area contributed by atoms with Crippen molar-refractivity contribution in [3.8, 4) is 50.2 Å². The number of para-hydroxylation sites is 1. The van der Waals surface area contributed by atoms with Gasteiger partial charge in [-0.2, -0.15) is 0 Å². The zero-order valence-corrected chi connectivity index (χ0v) is 33.0. The van der Waals surface area contributed by atoms with Crippen LogP contribution in [0.25, 0.3) is 82.8 Å². The lowest BCUT2D eigenvalue weighted by molar-refractivity contribution is 1.18. The van der Waals surface area contributed by atoms with E-state index in [1.54, 1.807) is 0 Å². The van der Waals surface area contributed by atoms with Gasteiger partial charge in [-0.1, -0.05) is 188 Å². The number of benzene rings is 10. The minimum absolute atomic E-state index is 1.08. The van der Waals surface area contributed by atoms with E-state index in [0.29, 0.717) is 0 Å². The maximum Gasteiger partial charge on any atom is 0.0561 e. The molecular weight excluding hydrogens is 725 g/mol. The molecule has 0 saturated carbocycles. The van der Waals surface area contributed by atoms with E-state index in [-0.39, 0.29) is 0 Å². The monoisotopic (exact) mass is 764 g/mol. The van der Waals surface area contributed by atoms with E-state index < -0.39 is 0 Å². The van der Waals surface area contributed by atoms with Crippen LogP contribution in [0.1, 0.15) is 0 Å². The van der Waals surface area contributed by atoms with Crippen LogP contribution in [0.2, 0.25) is 0 Å². The lowest BCUT2D eigenvalue weighted by Gasteiger charge is -2.29. The molecule has 2 heteroatoms. The van der Waals surface area contributed by atoms with Crippen molar-refractivity contribution in [3.63, 3.8) is 0 Å². The fraction of sp³-hybridized carbons (Fsp3) is 0. The zero-order valence-electron chi connectivity index (χ0n) is 33.0. The van der Waals surface area contributed by atoms with E-state index in [1.165, 1.54) is 71.6 Å². The van der Waals surface area contributed by atoms with E-state index in [0.717, 1.165) is 28.3 Å². The minimum Gasteiger partial charge on any atom is -0.310 e. The number of aromatic nitrogens is 1. The molecule has 11 aromatic rings. The SMILES string of the molecule is c1ccc(-c2ccc(N(c3ccc4c5ccccc5n(-c5ccc(-c6ccccc6-c6ccccc6)cc5)c4c3)c3cc4ccccc4cc3-c3ccccc3)cc2)cc1. The van der Waals surface area contributed by atoms with Gasteiger partial charge in [-0.3, -0.25) is 0 Å². The molecule has 0 amide bonds. The molecule has 282 valence electrons. The highest BCUT2D eigenvalue weighted by atomic mass is 15.1. The molecule has 0 aliphatic carbocycles. The Balaban J connectivity index is 1.11. The van der Waals surface area contributed by atoms with Gasteiger partial charge in [0.25, 0.3) is 0 Å². The molecule has 60 heavy (non-hydrogen) atoms. The van der Waals surface area contributed by atoms with Crippen molar-refractivity contribution in [2.45, 2.75) is 0 Å². The van der Waals surface area contributed by atoms with Crippen LogP contribution in [0.4, 0.5) is 17.1 Å². The van der Waals surface area contributed by atoms with Gasteiger partial charge in [0, 0.05) is 33.4 Å². The largest absolute Gasteiger partial charge is 0.310 e. The van der Waals surface area contributed by atoms with E-state index in [1.807, 2.05) is 0 Å². The minimum atomic E-state index is 1.08. The van der Waals surface area contributed by atoms with Crippen molar-refractivity contribution >= 4 is 49.6 Å². The predicted molar refractivity (Wildman–Crippen MR) is 255 cm³/mol. The Labute approximate surface area is 350 Å². The molecule has 10 aromatic carbocycles. The summed E-state index contributed by atoms with van der Waals surface area (Å²) in [5.41, 5.74) is 16.3. The van der Waals surface area contributed by atoms with Gasteiger partial charge in [-0.05, 0) is 104 Å². The Hall–Kier alpha value is -7.94. The van der Waals surface area contributed by atoms with Gasteiger partial charge in [0.2, 0.25) is 0 Å². The molecule has 0 N–H and O–H groups in total. The Morgan fingerprint density at radius 2 is 0.750 bits per heavy atom. The first kappa shape index (κ1) is 35.2. The zero-order chi connectivity index (χ0) is 39.8. The van der Waals surface area contributed by atoms with Crippen LogP contribution >= 0.6 is 0 Å². The van der Waals surface area contributed by atoms with E-state index in [2.05, 4.69) is 252 Å². The topological polar surface area (TPSA) is 8.17 Å². The van der Waals surface area contributed by atoms with Gasteiger partial charge in [-0.25, -0.2) is 0 Å². The molecule has 0 spiro atoms. The van der Waals surface area contributed by atoms with Crippen LogP contribution in [-0.2, 0) is 0 Å². The molecular formula is C58H40N2. The average Bonchev–Trinajstić information content (AvgIpc) is 3.66. The summed E-state index contributed by atoms with van der Waals surface area (Å²) >= 11 is 0. The fourth-order valence-corrected chi connectivity index (χ4v) is 8.89. The Bertz CT molecular complexity index is 3270. The third-order valence-electron chi connectivity index (χ3n) is 11.8. The predicted octanol–water partition coefficient (Wildman–Crippen LogP) is 16.1. The second-order valence-corrected chi connectivity index (χ2v) is 15.3. The first-order valence-electron chi connectivity index (χ1n) is 20.6. The Kier molecular flexibility index (Phi) is 8.87. The third kappa shape index (κ3) is 6.32. The highest BCUT2D eigenvalue weighted by Gasteiger charge is 2.21. The summed E-state index contributed by atoms with van der Waals surface area (Å²) in [5.74, 6) is 0. The lowest BCUT2D eigenvalue weighted by Crippen LogP contribution is -2.11. The Morgan fingerprint density at radius 3 is 1.42 bits per heavy atom. The summed E-state index contributed by atoms with van der Waals surface area (Å²) in [6.07, 6.45) is 0. The second-order valence-electron chi connectivity index (χ2n) is 15.3. The van der Waals surface area contributed by atoms with E-state index in [4.69, 9.17) is 0 Å². The summed E-state index contributed by atoms with van der Waals surface area (Å²) in [7, 11) is 0. The summed E-state index contributed by atoms with van der Waals surface area (Å²) in [6.45, 7) is 0. The van der Waals surface area contributed by atoms with Crippen molar-refractivity contribution in [1.82, 2.24) is 4.57 Å². The summed E-state index contributed by atoms with van der Waals surface area (Å²) in [6, 6.07) is 87.9. The molecule has 0 radical (unpaired) electrons. The van der Waals surface area contributed by atoms with Crippen molar-refractivity contribution in [2.75, 3.05) is 4.90 Å². The normalized spacial score (nSPS) is 11.3. The van der Waals surface area contributed by atoms with E-state index >= 15 is 0 Å². The number of nitrogens with zero attached hydrogens (tertiary/aromatic N) is 2. The summed E-state index contributed by atoms with van der Waals surface area (Å²) < 4.78 is 2.43. The van der Waals surface area contributed by atoms with Gasteiger partial charge in [-0.15, -0.1) is 0 Å². The van der Waals surface area contributed by atoms with Crippen LogP contribution < -0.4 is 4.90 Å².